The van der Waals surface area contributed by atoms with Gasteiger partial charge in [-0.3, -0.25) is 9.69 Å². The summed E-state index contributed by atoms with van der Waals surface area (Å²) in [5.41, 5.74) is 1.51. The molecule has 18 heteroatoms. The second-order valence-corrected chi connectivity index (χ2v) is 9.85. The number of carbonyl (C=O) groups is 3. The third kappa shape index (κ3) is 16.3. The third-order valence-electron chi connectivity index (χ3n) is 5.87. The molecule has 0 unspecified atom stereocenters. The monoisotopic (exact) mass is 678 g/mol. The lowest BCUT2D eigenvalue weighted by Gasteiger charge is -2.33. The van der Waals surface area contributed by atoms with Gasteiger partial charge in [-0.25, -0.2) is 14.0 Å². The number of rotatable bonds is 10. The molecule has 0 bridgehead atoms. The molecule has 2 aromatic rings. The molecule has 1 atom stereocenters. The normalized spacial score (nSPS) is 14.7. The topological polar surface area (TPSA) is 157 Å². The first-order chi connectivity index (χ1) is 20.8. The average molecular weight is 679 g/mol. The van der Waals surface area contributed by atoms with Crippen LogP contribution in [0.1, 0.15) is 24.0 Å². The summed E-state index contributed by atoms with van der Waals surface area (Å²) >= 11 is 6.12. The first kappa shape index (κ1) is 39.4. The number of nitrogens with one attached hydrogen (secondary N) is 1. The van der Waals surface area contributed by atoms with Gasteiger partial charge in [-0.15, -0.1) is 0 Å². The minimum Gasteiger partial charge on any atom is -0.491 e. The molecule has 0 amide bonds. The number of hydrogen-bond acceptors (Lipinski definition) is 7. The summed E-state index contributed by atoms with van der Waals surface area (Å²) in [5.74, 6) is -6.28. The van der Waals surface area contributed by atoms with Gasteiger partial charge < -0.3 is 30.5 Å². The van der Waals surface area contributed by atoms with E-state index < -0.39 is 36.4 Å². The van der Waals surface area contributed by atoms with Crippen LogP contribution in [0.15, 0.2) is 42.5 Å². The molecule has 10 nitrogen and oxygen atoms in total. The second-order valence-electron chi connectivity index (χ2n) is 9.44. The van der Waals surface area contributed by atoms with Gasteiger partial charge in [-0.2, -0.15) is 26.3 Å². The highest BCUT2D eigenvalue weighted by Gasteiger charge is 2.38. The fourth-order valence-electron chi connectivity index (χ4n) is 3.69. The zero-order valence-electron chi connectivity index (χ0n) is 23.2. The van der Waals surface area contributed by atoms with E-state index in [4.69, 9.17) is 41.2 Å². The van der Waals surface area contributed by atoms with Gasteiger partial charge in [0.15, 0.2) is 0 Å². The van der Waals surface area contributed by atoms with Crippen LogP contribution in [0.5, 0.6) is 5.75 Å². The molecular weight excluding hydrogens is 649 g/mol. The maximum Gasteiger partial charge on any atom is 0.490 e. The largest absolute Gasteiger partial charge is 0.491 e. The van der Waals surface area contributed by atoms with E-state index >= 15 is 0 Å². The van der Waals surface area contributed by atoms with Crippen LogP contribution >= 0.6 is 11.6 Å². The number of carboxylic acids is 3. The SMILES string of the molecule is O=C(O)C(F)(F)F.O=C(O)C(F)(F)F.O=C(O)Cc1ccccc1OC[C@@H](O)CNC1CCN(Cc2ccc(F)cc2Cl)CC1. The Labute approximate surface area is 257 Å². The first-order valence-corrected chi connectivity index (χ1v) is 13.3. The van der Waals surface area contributed by atoms with Crippen molar-refractivity contribution < 1.29 is 70.3 Å². The standard InChI is InChI=1S/C23H28ClFN2O4.2C2HF3O2/c24-21-12-18(25)6-5-17(21)14-27-9-7-19(8-10-27)26-13-20(28)15-31-22-4-2-1-3-16(22)11-23(29)30;2*3-2(4,5)1(6)7/h1-6,12,19-20,26,28H,7-11,13-15H2,(H,29,30);2*(H,6,7)/t20-;;/m0../s1. The number of carboxylic acid groups (broad SMARTS) is 3. The molecule has 45 heavy (non-hydrogen) atoms. The molecule has 0 aromatic heterocycles. The van der Waals surface area contributed by atoms with Crippen LogP contribution in [0.25, 0.3) is 0 Å². The lowest BCUT2D eigenvalue weighted by molar-refractivity contribution is -0.193. The number of nitrogens with zero attached hydrogens (tertiary/aromatic N) is 1. The van der Waals surface area contributed by atoms with Crippen LogP contribution in [0.2, 0.25) is 5.02 Å². The molecule has 1 aliphatic rings. The lowest BCUT2D eigenvalue weighted by atomic mass is 10.0. The van der Waals surface area contributed by atoms with Crippen molar-refractivity contribution in [3.8, 4) is 5.75 Å². The third-order valence-corrected chi connectivity index (χ3v) is 6.22. The number of piperidine rings is 1. The minimum absolute atomic E-state index is 0.0888. The van der Waals surface area contributed by atoms with Gasteiger partial charge in [-0.1, -0.05) is 35.9 Å². The minimum atomic E-state index is -5.08. The summed E-state index contributed by atoms with van der Waals surface area (Å²) in [6, 6.07) is 11.8. The number of hydrogen-bond donors (Lipinski definition) is 5. The summed E-state index contributed by atoms with van der Waals surface area (Å²) in [5, 5.41) is 37.3. The molecule has 0 aliphatic carbocycles. The Kier molecular flexibility index (Phi) is 16.0. The Morgan fingerprint density at radius 1 is 0.933 bits per heavy atom. The molecule has 0 saturated carbocycles. The van der Waals surface area contributed by atoms with Crippen molar-refractivity contribution in [1.29, 1.82) is 0 Å². The molecule has 0 spiro atoms. The Hall–Kier alpha value is -3.67. The highest BCUT2D eigenvalue weighted by atomic mass is 35.5. The number of aliphatic carboxylic acids is 3. The van der Waals surface area contributed by atoms with Crippen LogP contribution in [-0.4, -0.2) is 94.0 Å². The Balaban J connectivity index is 0.000000601. The summed E-state index contributed by atoms with van der Waals surface area (Å²) in [7, 11) is 0. The smallest absolute Gasteiger partial charge is 0.490 e. The molecule has 1 aliphatic heterocycles. The van der Waals surface area contributed by atoms with Crippen LogP contribution < -0.4 is 10.1 Å². The average Bonchev–Trinajstić information content (AvgIpc) is 2.93. The van der Waals surface area contributed by atoms with Gasteiger partial charge in [0.05, 0.1) is 6.42 Å². The van der Waals surface area contributed by atoms with Crippen molar-refractivity contribution in [3.63, 3.8) is 0 Å². The van der Waals surface area contributed by atoms with Crippen molar-refractivity contribution in [2.75, 3.05) is 26.2 Å². The molecule has 1 saturated heterocycles. The maximum atomic E-state index is 13.2. The number of halogens is 8. The molecule has 5 N–H and O–H groups in total. The van der Waals surface area contributed by atoms with E-state index in [9.17, 15) is 40.6 Å². The summed E-state index contributed by atoms with van der Waals surface area (Å²) < 4.78 is 82.3. The molecular formula is C27H30ClF7N2O8. The molecule has 0 radical (unpaired) electrons. The number of benzene rings is 2. The molecule has 2 aromatic carbocycles. The van der Waals surface area contributed by atoms with E-state index in [2.05, 4.69) is 10.2 Å². The lowest BCUT2D eigenvalue weighted by Crippen LogP contribution is -2.45. The number of aliphatic hydroxyl groups is 1. The number of ether oxygens (including phenoxy) is 1. The van der Waals surface area contributed by atoms with Gasteiger partial charge in [0.25, 0.3) is 0 Å². The van der Waals surface area contributed by atoms with Gasteiger partial charge in [0.1, 0.15) is 24.3 Å². The Morgan fingerprint density at radius 3 is 1.96 bits per heavy atom. The summed E-state index contributed by atoms with van der Waals surface area (Å²) in [6.07, 6.45) is -9.11. The van der Waals surface area contributed by atoms with E-state index in [-0.39, 0.29) is 18.8 Å². The fourth-order valence-corrected chi connectivity index (χ4v) is 3.91. The van der Waals surface area contributed by atoms with Gasteiger partial charge in [-0.05, 0) is 49.7 Å². The van der Waals surface area contributed by atoms with E-state index in [1.54, 1.807) is 30.3 Å². The Morgan fingerprint density at radius 2 is 1.47 bits per heavy atom. The van der Waals surface area contributed by atoms with E-state index in [0.717, 1.165) is 31.5 Å². The van der Waals surface area contributed by atoms with Crippen LogP contribution in [0, 0.1) is 5.82 Å². The van der Waals surface area contributed by atoms with E-state index in [1.807, 2.05) is 0 Å². The first-order valence-electron chi connectivity index (χ1n) is 12.9. The maximum absolute atomic E-state index is 13.2. The molecule has 252 valence electrons. The van der Waals surface area contributed by atoms with Gasteiger partial charge in [0.2, 0.25) is 0 Å². The quantitative estimate of drug-likeness (QED) is 0.229. The number of alkyl halides is 6. The number of aliphatic hydroxyl groups excluding tert-OH is 1. The van der Waals surface area contributed by atoms with Crippen molar-refractivity contribution in [2.24, 2.45) is 0 Å². The number of para-hydroxylation sites is 1. The van der Waals surface area contributed by atoms with Gasteiger partial charge >= 0.3 is 30.3 Å². The van der Waals surface area contributed by atoms with Crippen molar-refractivity contribution in [1.82, 2.24) is 10.2 Å². The molecule has 3 rings (SSSR count). The molecule has 1 fully saturated rings. The molecule has 1 heterocycles. The predicted molar refractivity (Wildman–Crippen MR) is 144 cm³/mol. The van der Waals surface area contributed by atoms with Crippen LogP contribution in [0.3, 0.4) is 0 Å². The van der Waals surface area contributed by atoms with Crippen molar-refractivity contribution >= 4 is 29.5 Å². The highest BCUT2D eigenvalue weighted by Crippen LogP contribution is 2.22. The number of likely N-dealkylation sites (tertiary alicyclic amines) is 1. The van der Waals surface area contributed by atoms with Crippen LogP contribution in [0.4, 0.5) is 30.7 Å². The zero-order chi connectivity index (χ0) is 34.4. The summed E-state index contributed by atoms with van der Waals surface area (Å²) in [6.45, 7) is 2.96. The van der Waals surface area contributed by atoms with E-state index in [0.29, 0.717) is 35.5 Å². The highest BCUT2D eigenvalue weighted by molar-refractivity contribution is 6.31. The van der Waals surface area contributed by atoms with Crippen molar-refractivity contribution in [3.05, 3.63) is 64.4 Å². The van der Waals surface area contributed by atoms with E-state index in [1.165, 1.54) is 12.1 Å². The van der Waals surface area contributed by atoms with Crippen LogP contribution in [-0.2, 0) is 27.3 Å². The zero-order valence-corrected chi connectivity index (χ0v) is 24.0. The second kappa shape index (κ2) is 18.3. The van der Waals surface area contributed by atoms with Crippen molar-refractivity contribution in [2.45, 2.75) is 50.3 Å². The predicted octanol–water partition coefficient (Wildman–Crippen LogP) is 4.37. The summed E-state index contributed by atoms with van der Waals surface area (Å²) in [4.78, 5) is 31.0. The fraction of sp³-hybridized carbons (Fsp3) is 0.444. The Bertz CT molecular complexity index is 1230. The van der Waals surface area contributed by atoms with Gasteiger partial charge in [0, 0.05) is 29.7 Å².